The number of aryl methyl sites for hydroxylation is 3. The van der Waals surface area contributed by atoms with Gasteiger partial charge in [-0.2, -0.15) is 4.99 Å². The average molecular weight is 457 g/mol. The lowest BCUT2D eigenvalue weighted by atomic mass is 9.97. The minimum Gasteiger partial charge on any atom is -0.495 e. The molecular weight excluding hydrogens is 428 g/mol. The standard InChI is InChI=1S/C24H28N2O5S/c1-7-31-21(28)13-26-22-18(29-5)8-9-19(30-6)23(22)32-24(26)25-20(27)12-17-15(3)10-14(2)11-16(17)4/h8-11H,7,12-13H2,1-6H3. The molecule has 0 spiro atoms. The van der Waals surface area contributed by atoms with E-state index in [2.05, 4.69) is 17.1 Å². The third-order valence-corrected chi connectivity index (χ3v) is 6.27. The largest absolute Gasteiger partial charge is 0.495 e. The average Bonchev–Trinajstić information content (AvgIpc) is 3.08. The van der Waals surface area contributed by atoms with Crippen LogP contribution in [-0.4, -0.2) is 37.3 Å². The molecule has 32 heavy (non-hydrogen) atoms. The molecule has 3 rings (SSSR count). The van der Waals surface area contributed by atoms with Gasteiger partial charge in [0.15, 0.2) is 4.80 Å². The number of hydrogen-bond donors (Lipinski definition) is 0. The molecule has 0 aliphatic rings. The maximum Gasteiger partial charge on any atom is 0.326 e. The van der Waals surface area contributed by atoms with Gasteiger partial charge in [0.25, 0.3) is 5.91 Å². The molecule has 7 nitrogen and oxygen atoms in total. The number of fused-ring (bicyclic) bond motifs is 1. The molecule has 0 atom stereocenters. The van der Waals surface area contributed by atoms with Gasteiger partial charge in [0, 0.05) is 0 Å². The molecule has 0 unspecified atom stereocenters. The lowest BCUT2D eigenvalue weighted by molar-refractivity contribution is -0.143. The van der Waals surface area contributed by atoms with Crippen LogP contribution in [0.5, 0.6) is 11.5 Å². The van der Waals surface area contributed by atoms with Crippen LogP contribution < -0.4 is 14.3 Å². The Morgan fingerprint density at radius 2 is 1.66 bits per heavy atom. The van der Waals surface area contributed by atoms with Crippen molar-refractivity contribution in [2.45, 2.75) is 40.7 Å². The molecule has 1 heterocycles. The zero-order valence-corrected chi connectivity index (χ0v) is 20.1. The van der Waals surface area contributed by atoms with E-state index >= 15 is 0 Å². The van der Waals surface area contributed by atoms with Crippen LogP contribution in [0.15, 0.2) is 29.3 Å². The fraction of sp³-hybridized carbons (Fsp3) is 0.375. The number of ether oxygens (including phenoxy) is 3. The number of nitrogens with zero attached hydrogens (tertiary/aromatic N) is 2. The van der Waals surface area contributed by atoms with E-state index in [1.165, 1.54) is 11.3 Å². The second kappa shape index (κ2) is 9.99. The van der Waals surface area contributed by atoms with Crippen molar-refractivity contribution in [2.75, 3.05) is 20.8 Å². The number of aromatic nitrogens is 1. The van der Waals surface area contributed by atoms with Gasteiger partial charge < -0.3 is 18.8 Å². The Bertz CT molecular complexity index is 1220. The Kier molecular flexibility index (Phi) is 7.35. The summed E-state index contributed by atoms with van der Waals surface area (Å²) in [7, 11) is 3.13. The van der Waals surface area contributed by atoms with Gasteiger partial charge in [-0.25, -0.2) is 0 Å². The summed E-state index contributed by atoms with van der Waals surface area (Å²) in [6, 6.07) is 7.68. The zero-order valence-electron chi connectivity index (χ0n) is 19.3. The molecule has 170 valence electrons. The predicted molar refractivity (Wildman–Crippen MR) is 124 cm³/mol. The van der Waals surface area contributed by atoms with Gasteiger partial charge in [0.2, 0.25) is 0 Å². The van der Waals surface area contributed by atoms with E-state index in [0.29, 0.717) is 21.8 Å². The summed E-state index contributed by atoms with van der Waals surface area (Å²) < 4.78 is 18.5. The first-order chi connectivity index (χ1) is 15.3. The Morgan fingerprint density at radius 1 is 1.03 bits per heavy atom. The maximum absolute atomic E-state index is 13.0. The number of esters is 1. The number of rotatable bonds is 7. The van der Waals surface area contributed by atoms with E-state index in [1.807, 2.05) is 20.8 Å². The Balaban J connectivity index is 2.14. The Labute approximate surface area is 191 Å². The van der Waals surface area contributed by atoms with Gasteiger partial charge >= 0.3 is 5.97 Å². The van der Waals surface area contributed by atoms with Gasteiger partial charge in [-0.05, 0) is 56.5 Å². The predicted octanol–water partition coefficient (Wildman–Crippen LogP) is 3.88. The molecule has 0 aliphatic carbocycles. The van der Waals surface area contributed by atoms with E-state index in [1.54, 1.807) is 37.8 Å². The lowest BCUT2D eigenvalue weighted by Crippen LogP contribution is -2.23. The SMILES string of the molecule is CCOC(=O)Cn1c(=NC(=O)Cc2c(C)cc(C)cc2C)sc2c(OC)ccc(OC)c21. The van der Waals surface area contributed by atoms with Crippen LogP contribution in [-0.2, 0) is 27.3 Å². The summed E-state index contributed by atoms with van der Waals surface area (Å²) in [6.07, 6.45) is 0.180. The molecule has 0 saturated heterocycles. The van der Waals surface area contributed by atoms with E-state index in [4.69, 9.17) is 14.2 Å². The number of carbonyl (C=O) groups excluding carboxylic acids is 2. The van der Waals surface area contributed by atoms with Gasteiger partial charge in [-0.1, -0.05) is 29.0 Å². The zero-order chi connectivity index (χ0) is 23.4. The molecule has 0 aliphatic heterocycles. The van der Waals surface area contributed by atoms with Crippen molar-refractivity contribution in [1.29, 1.82) is 0 Å². The fourth-order valence-electron chi connectivity index (χ4n) is 3.81. The quantitative estimate of drug-likeness (QED) is 0.504. The number of hydrogen-bond acceptors (Lipinski definition) is 6. The molecule has 0 bridgehead atoms. The van der Waals surface area contributed by atoms with Crippen LogP contribution in [0.1, 0.15) is 29.2 Å². The summed E-state index contributed by atoms with van der Waals surface area (Å²) in [5.41, 5.74) is 4.89. The van der Waals surface area contributed by atoms with Crippen molar-refractivity contribution in [3.8, 4) is 11.5 Å². The van der Waals surface area contributed by atoms with E-state index in [0.717, 1.165) is 27.0 Å². The van der Waals surface area contributed by atoms with Crippen molar-refractivity contribution in [2.24, 2.45) is 4.99 Å². The monoisotopic (exact) mass is 456 g/mol. The van der Waals surface area contributed by atoms with Gasteiger partial charge in [0.05, 0.1) is 27.2 Å². The highest BCUT2D eigenvalue weighted by Gasteiger charge is 2.19. The topological polar surface area (TPSA) is 79.1 Å². The number of carbonyl (C=O) groups is 2. The summed E-state index contributed by atoms with van der Waals surface area (Å²) in [6.45, 7) is 7.95. The van der Waals surface area contributed by atoms with Crippen LogP contribution in [0.2, 0.25) is 0 Å². The van der Waals surface area contributed by atoms with Gasteiger partial charge in [-0.3, -0.25) is 9.59 Å². The molecule has 0 radical (unpaired) electrons. The summed E-state index contributed by atoms with van der Waals surface area (Å²) in [5, 5.41) is 0. The lowest BCUT2D eigenvalue weighted by Gasteiger charge is -2.10. The summed E-state index contributed by atoms with van der Waals surface area (Å²) in [5.74, 6) is 0.460. The summed E-state index contributed by atoms with van der Waals surface area (Å²) >= 11 is 1.28. The molecule has 3 aromatic rings. The maximum atomic E-state index is 13.0. The highest BCUT2D eigenvalue weighted by Crippen LogP contribution is 2.35. The van der Waals surface area contributed by atoms with Crippen LogP contribution >= 0.6 is 11.3 Å². The highest BCUT2D eigenvalue weighted by molar-refractivity contribution is 7.16. The molecule has 0 fully saturated rings. The molecule has 0 saturated carbocycles. The van der Waals surface area contributed by atoms with Crippen LogP contribution in [0.25, 0.3) is 10.2 Å². The molecular formula is C24H28N2O5S. The number of amides is 1. The third kappa shape index (κ3) is 4.85. The summed E-state index contributed by atoms with van der Waals surface area (Å²) in [4.78, 5) is 30.1. The number of benzene rings is 2. The van der Waals surface area contributed by atoms with Crippen LogP contribution in [0, 0.1) is 20.8 Å². The van der Waals surface area contributed by atoms with E-state index in [9.17, 15) is 9.59 Å². The second-order valence-corrected chi connectivity index (χ2v) is 8.46. The van der Waals surface area contributed by atoms with Crippen molar-refractivity contribution in [1.82, 2.24) is 4.57 Å². The normalized spacial score (nSPS) is 11.6. The molecule has 1 aromatic heterocycles. The molecule has 0 N–H and O–H groups in total. The van der Waals surface area contributed by atoms with E-state index < -0.39 is 5.97 Å². The Morgan fingerprint density at radius 3 is 2.25 bits per heavy atom. The van der Waals surface area contributed by atoms with Gasteiger partial charge in [0.1, 0.15) is 28.3 Å². The highest BCUT2D eigenvalue weighted by atomic mass is 32.1. The third-order valence-electron chi connectivity index (χ3n) is 5.17. The van der Waals surface area contributed by atoms with Gasteiger partial charge in [-0.15, -0.1) is 0 Å². The molecule has 8 heteroatoms. The number of thiazole rings is 1. The van der Waals surface area contributed by atoms with Crippen molar-refractivity contribution >= 4 is 33.4 Å². The van der Waals surface area contributed by atoms with Crippen LogP contribution in [0.4, 0.5) is 0 Å². The fourth-order valence-corrected chi connectivity index (χ4v) is 4.96. The molecule has 2 aromatic carbocycles. The minimum atomic E-state index is -0.420. The van der Waals surface area contributed by atoms with E-state index in [-0.39, 0.29) is 25.5 Å². The first-order valence-corrected chi connectivity index (χ1v) is 11.1. The van der Waals surface area contributed by atoms with Crippen molar-refractivity contribution in [3.63, 3.8) is 0 Å². The second-order valence-electron chi connectivity index (χ2n) is 7.48. The van der Waals surface area contributed by atoms with Crippen molar-refractivity contribution < 1.29 is 23.8 Å². The molecule has 1 amide bonds. The smallest absolute Gasteiger partial charge is 0.326 e. The first kappa shape index (κ1) is 23.5. The van der Waals surface area contributed by atoms with Crippen molar-refractivity contribution in [3.05, 3.63) is 51.3 Å². The van der Waals surface area contributed by atoms with Crippen LogP contribution in [0.3, 0.4) is 0 Å². The first-order valence-electron chi connectivity index (χ1n) is 10.3. The Hall–Kier alpha value is -3.13. The number of methoxy groups -OCH3 is 2. The minimum absolute atomic E-state index is 0.0912.